The molecule has 0 N–H and O–H groups in total. The fourth-order valence-corrected chi connectivity index (χ4v) is 12.7. The van der Waals surface area contributed by atoms with Gasteiger partial charge >= 0.3 is 0 Å². The summed E-state index contributed by atoms with van der Waals surface area (Å²) in [7, 11) is 0. The van der Waals surface area contributed by atoms with Gasteiger partial charge in [0.25, 0.3) is 0 Å². The molecule has 0 amide bonds. The summed E-state index contributed by atoms with van der Waals surface area (Å²) in [6.45, 7) is 76.8. The van der Waals surface area contributed by atoms with Gasteiger partial charge < -0.3 is 4.57 Å². The van der Waals surface area contributed by atoms with Gasteiger partial charge in [-0.25, -0.2) is 4.98 Å². The summed E-state index contributed by atoms with van der Waals surface area (Å²) in [4.78, 5) is 15.2. The van der Waals surface area contributed by atoms with E-state index in [1.807, 2.05) is 11.5 Å². The number of allylic oxidation sites excluding steroid dienone is 9. The molecule has 0 saturated heterocycles. The van der Waals surface area contributed by atoms with E-state index in [1.54, 1.807) is 13.3 Å². The van der Waals surface area contributed by atoms with Gasteiger partial charge in [-0.3, -0.25) is 4.79 Å². The maximum Gasteiger partial charge on any atom is 0.179 e. The topological polar surface area (TPSA) is 34.9 Å². The summed E-state index contributed by atoms with van der Waals surface area (Å²) >= 11 is 0. The fourth-order valence-electron chi connectivity index (χ4n) is 12.7. The maximum absolute atomic E-state index is 11.1. The smallest absolute Gasteiger partial charge is 0.179 e. The Morgan fingerprint density at radius 2 is 0.988 bits per heavy atom. The molecule has 0 unspecified atom stereocenters. The van der Waals surface area contributed by atoms with E-state index in [1.165, 1.54) is 128 Å². The molecule has 8 rings (SSSR count). The maximum atomic E-state index is 11.1. The Morgan fingerprint density at radius 1 is 0.506 bits per heavy atom. The molecule has 460 valence electrons. The Kier molecular flexibility index (Phi) is 29.0. The Labute approximate surface area is 573 Å². The minimum atomic E-state index is -0.00914. The number of hydrogen-bond acceptors (Lipinski definition) is 2. The normalized spacial score (nSPS) is 14.1. The Morgan fingerprint density at radius 3 is 1.42 bits per heavy atom. The molecule has 0 bridgehead atoms. The Hall–Kier alpha value is -3.33. The molecule has 0 atom stereocenters. The molecular formula is C80H116N2OY2-2. The van der Waals surface area contributed by atoms with E-state index in [4.69, 9.17) is 0 Å². The molecular weight excluding hydrogens is 1180 g/mol. The summed E-state index contributed by atoms with van der Waals surface area (Å²) in [5.41, 5.74) is 35.6. The molecule has 4 aromatic carbocycles. The first-order valence-electron chi connectivity index (χ1n) is 30.8. The predicted octanol–water partition coefficient (Wildman–Crippen LogP) is 22.9. The first-order valence-corrected chi connectivity index (χ1v) is 30.8. The zero-order valence-corrected chi connectivity index (χ0v) is 66.2. The SMILES string of the molecule is C=C1CC(C)=C(C)C(C)=C1C(C)(C)C.CC(=O)c1ncn(C(C)(C)C)c1C.CC1=C(C(C)(C)C)c2cc(C)c[c-]c2C1.Cc1c[c-]c2c(c1)C(C(C)(C)C)=CC2.Cc1cc(C)c(C(C)(C)C)c(C)c1C.Cc1cc(C)c(C(C)(C)C)cc1C.[Y].[Y]. The number of aromatic nitrogens is 2. The van der Waals surface area contributed by atoms with E-state index in [2.05, 4.69) is 287 Å². The van der Waals surface area contributed by atoms with Gasteiger partial charge in [0.1, 0.15) is 5.69 Å². The van der Waals surface area contributed by atoms with Crippen LogP contribution in [0.5, 0.6) is 0 Å². The Bertz CT molecular complexity index is 3310. The molecule has 0 spiro atoms. The van der Waals surface area contributed by atoms with Crippen LogP contribution >= 0.6 is 0 Å². The van der Waals surface area contributed by atoms with Crippen molar-refractivity contribution in [1.82, 2.24) is 9.55 Å². The van der Waals surface area contributed by atoms with Crippen molar-refractivity contribution in [3.05, 3.63) is 202 Å². The zero-order chi connectivity index (χ0) is 64.2. The zero-order valence-electron chi connectivity index (χ0n) is 60.5. The van der Waals surface area contributed by atoms with E-state index in [0.29, 0.717) is 5.69 Å². The van der Waals surface area contributed by atoms with Gasteiger partial charge in [-0.1, -0.05) is 171 Å². The van der Waals surface area contributed by atoms with Crippen LogP contribution in [0.4, 0.5) is 0 Å². The van der Waals surface area contributed by atoms with Gasteiger partial charge in [-0.2, -0.15) is 58.7 Å². The van der Waals surface area contributed by atoms with Gasteiger partial charge in [0.2, 0.25) is 0 Å². The van der Waals surface area contributed by atoms with Crippen LogP contribution in [0.25, 0.3) is 11.1 Å². The van der Waals surface area contributed by atoms with E-state index in [9.17, 15) is 4.79 Å². The second kappa shape index (κ2) is 30.9. The molecule has 0 saturated carbocycles. The third kappa shape index (κ3) is 21.4. The van der Waals surface area contributed by atoms with Gasteiger partial charge in [-0.15, -0.1) is 11.1 Å². The van der Waals surface area contributed by atoms with E-state index in [0.717, 1.165) is 25.0 Å². The number of rotatable bonds is 1. The van der Waals surface area contributed by atoms with Crippen LogP contribution in [0.2, 0.25) is 0 Å². The van der Waals surface area contributed by atoms with Crippen molar-refractivity contribution in [3.63, 3.8) is 0 Å². The van der Waals surface area contributed by atoms with Crippen LogP contribution < -0.4 is 0 Å². The van der Waals surface area contributed by atoms with E-state index >= 15 is 0 Å². The summed E-state index contributed by atoms with van der Waals surface area (Å²) < 4.78 is 2.02. The van der Waals surface area contributed by atoms with Crippen molar-refractivity contribution in [2.45, 2.75) is 264 Å². The first kappa shape index (κ1) is 79.7. The average Bonchev–Trinajstić information content (AvgIpc) is 4.27. The summed E-state index contributed by atoms with van der Waals surface area (Å²) in [6, 6.07) is 22.5. The average molecular weight is 1300 g/mol. The number of carbonyl (C=O) groups is 1. The van der Waals surface area contributed by atoms with Crippen molar-refractivity contribution in [2.24, 2.45) is 16.2 Å². The molecule has 0 fully saturated rings. The summed E-state index contributed by atoms with van der Waals surface area (Å²) in [5, 5.41) is 0. The third-order valence-corrected chi connectivity index (χ3v) is 16.8. The molecule has 1 aromatic heterocycles. The Balaban J connectivity index is 0.000000508. The summed E-state index contributed by atoms with van der Waals surface area (Å²) in [5.74, 6) is 0.0282. The molecule has 2 radical (unpaired) electrons. The predicted molar refractivity (Wildman–Crippen MR) is 367 cm³/mol. The summed E-state index contributed by atoms with van der Waals surface area (Å²) in [6.07, 6.45) is 7.27. The van der Waals surface area contributed by atoms with E-state index in [-0.39, 0.29) is 104 Å². The molecule has 0 aliphatic heterocycles. The standard InChI is InChI=1S/C15H19.C14H17.2C14H22.C13H20.C10H16N2O.2Y/c1-10-6-7-12-9-11(2)14(13(12)8-10)15(3,4)5;1-10-5-6-11-7-8-13(12(11)9-10)14(2,3)4;2*1-9-8-10(2)13(14(5,6)7)12(4)11(9)3;1-9-7-11(3)12(8-10(9)2)13(4,5)6;1-7-9(8(2)13)11-6-12(7)10(3,4)5;;/h6,8H,9H2,1-5H3;5,8-9H,7H2,1-4H3;8H,1-7H3;2,8H2,1,3-7H3;7-8H,1-6H3;6H,1-5H3;;/q2*-1;;;;;;. The van der Waals surface area contributed by atoms with Crippen LogP contribution in [-0.2, 0) is 94.6 Å². The molecule has 5 heteroatoms. The van der Waals surface area contributed by atoms with E-state index < -0.39 is 0 Å². The van der Waals surface area contributed by atoms with Crippen LogP contribution in [0, 0.1) is 97.6 Å². The second-order valence-corrected chi connectivity index (χ2v) is 30.9. The van der Waals surface area contributed by atoms with Gasteiger partial charge in [0.15, 0.2) is 5.78 Å². The van der Waals surface area contributed by atoms with Crippen LogP contribution in [-0.4, -0.2) is 15.3 Å². The van der Waals surface area contributed by atoms with Gasteiger partial charge in [0, 0.05) is 83.6 Å². The van der Waals surface area contributed by atoms with Crippen molar-refractivity contribution in [2.75, 3.05) is 0 Å². The quantitative estimate of drug-likeness (QED) is 0.124. The van der Waals surface area contributed by atoms with Crippen molar-refractivity contribution in [1.29, 1.82) is 0 Å². The number of nitrogens with zero attached hydrogens (tertiary/aromatic N) is 2. The molecule has 3 aliphatic rings. The number of Topliss-reactive ketones (excluding diaryl/α,β-unsaturated/α-hetero) is 1. The first-order chi connectivity index (χ1) is 37.5. The molecule has 1 heterocycles. The van der Waals surface area contributed by atoms with Crippen molar-refractivity contribution >= 4 is 16.9 Å². The molecule has 3 aliphatic carbocycles. The number of hydrogen-bond donors (Lipinski definition) is 0. The number of imidazole rings is 1. The minimum absolute atomic E-state index is 0. The largest absolute Gasteiger partial charge is 0.329 e. The number of ketones is 1. The fraction of sp³-hybridized carbons (Fsp3) is 0.525. The second-order valence-electron chi connectivity index (χ2n) is 30.9. The molecule has 85 heavy (non-hydrogen) atoms. The van der Waals surface area contributed by atoms with Crippen LogP contribution in [0.15, 0.2) is 94.9 Å². The van der Waals surface area contributed by atoms with Crippen LogP contribution in [0.1, 0.15) is 265 Å². The van der Waals surface area contributed by atoms with Gasteiger partial charge in [-0.05, 0) is 223 Å². The monoisotopic (exact) mass is 1300 g/mol. The molecule has 3 nitrogen and oxygen atoms in total. The van der Waals surface area contributed by atoms with Crippen LogP contribution in [0.3, 0.4) is 0 Å². The number of aryl methyl sites for hydroxylation is 7. The minimum Gasteiger partial charge on any atom is -0.329 e. The number of benzene rings is 4. The van der Waals surface area contributed by atoms with Crippen molar-refractivity contribution in [3.8, 4) is 0 Å². The molecule has 5 aromatic rings. The van der Waals surface area contributed by atoms with Crippen molar-refractivity contribution < 1.29 is 70.2 Å². The third-order valence-electron chi connectivity index (χ3n) is 16.8. The number of carbonyl (C=O) groups excluding carboxylic acids is 1. The number of fused-ring (bicyclic) bond motifs is 2. The van der Waals surface area contributed by atoms with Gasteiger partial charge in [0.05, 0.1) is 6.33 Å².